The van der Waals surface area contributed by atoms with E-state index in [4.69, 9.17) is 5.11 Å². The van der Waals surface area contributed by atoms with E-state index in [9.17, 15) is 15.3 Å². The van der Waals surface area contributed by atoms with Crippen LogP contribution in [0.15, 0.2) is 85.0 Å². The minimum Gasteiger partial charge on any atom is -0.515 e. The van der Waals surface area contributed by atoms with Crippen molar-refractivity contribution in [3.8, 4) is 22.3 Å². The van der Waals surface area contributed by atoms with E-state index >= 15 is 0 Å². The number of fused-ring (bicyclic) bond motifs is 4. The number of rotatable bonds is 2. The predicted octanol–water partition coefficient (Wildman–Crippen LogP) is 8.48. The summed E-state index contributed by atoms with van der Waals surface area (Å²) < 4.78 is 0. The molecule has 0 radical (unpaired) electrons. The first-order valence-corrected chi connectivity index (χ1v) is 12.9. The summed E-state index contributed by atoms with van der Waals surface area (Å²) >= 11 is 0. The number of hydrogen-bond acceptors (Lipinski definition) is 4. The molecule has 0 atom stereocenters. The van der Waals surface area contributed by atoms with E-state index < -0.39 is 5.95 Å². The molecule has 0 fully saturated rings. The molecule has 0 aliphatic heterocycles. The van der Waals surface area contributed by atoms with Crippen molar-refractivity contribution in [1.29, 1.82) is 0 Å². The van der Waals surface area contributed by atoms with Gasteiger partial charge in [-0.3, -0.25) is 0 Å². The van der Waals surface area contributed by atoms with Crippen LogP contribution in [-0.4, -0.2) is 27.5 Å². The maximum atomic E-state index is 10.5. The maximum Gasteiger partial charge on any atom is 0.283 e. The fourth-order valence-electron chi connectivity index (χ4n) is 5.60. The van der Waals surface area contributed by atoms with Crippen molar-refractivity contribution in [2.24, 2.45) is 0 Å². The highest BCUT2D eigenvalue weighted by atomic mass is 16.5. The Labute approximate surface area is 229 Å². The molecule has 0 unspecified atom stereocenters. The molecule has 4 heteroatoms. The van der Waals surface area contributed by atoms with Gasteiger partial charge in [-0.2, -0.15) is 0 Å². The Balaban J connectivity index is 0.00000151. The summed E-state index contributed by atoms with van der Waals surface area (Å²) in [5.41, 5.74) is 15.2. The Bertz CT molecular complexity index is 1730. The van der Waals surface area contributed by atoms with E-state index in [1.54, 1.807) is 0 Å². The third-order valence-corrected chi connectivity index (χ3v) is 7.94. The topological polar surface area (TPSA) is 80.9 Å². The minimum absolute atomic E-state index is 0.395. The first-order chi connectivity index (χ1) is 18.8. The van der Waals surface area contributed by atoms with Crippen LogP contribution in [0, 0.1) is 27.7 Å². The molecule has 0 spiro atoms. The maximum absolute atomic E-state index is 10.5. The highest BCUT2D eigenvalue weighted by molar-refractivity contribution is 6.36. The Kier molecular flexibility index (Phi) is 6.67. The van der Waals surface area contributed by atoms with Crippen LogP contribution < -0.4 is 0 Å². The van der Waals surface area contributed by atoms with E-state index in [0.717, 1.165) is 69.0 Å². The molecule has 196 valence electrons. The van der Waals surface area contributed by atoms with Crippen LogP contribution in [0.2, 0.25) is 0 Å². The average Bonchev–Trinajstić information content (AvgIpc) is 3.44. The third-order valence-electron chi connectivity index (χ3n) is 7.94. The second-order valence-corrected chi connectivity index (χ2v) is 10.1. The van der Waals surface area contributed by atoms with Gasteiger partial charge in [-0.25, -0.2) is 0 Å². The SMILES string of the molecule is CO.Cc1ccc(-c2ccc3c(c2)C2=C(C3=C(O)O)c3cc(-c4ccc(C)c(C)c4)ccc3/C2=C/O)cc1C. The van der Waals surface area contributed by atoms with Crippen LogP contribution in [0.4, 0.5) is 0 Å². The first kappa shape index (κ1) is 26.1. The minimum atomic E-state index is -0.716. The lowest BCUT2D eigenvalue weighted by molar-refractivity contribution is 0.195. The van der Waals surface area contributed by atoms with Crippen LogP contribution in [0.5, 0.6) is 0 Å². The van der Waals surface area contributed by atoms with Crippen LogP contribution in [0.3, 0.4) is 0 Å². The van der Waals surface area contributed by atoms with Crippen LogP contribution in [0.1, 0.15) is 44.5 Å². The summed E-state index contributed by atoms with van der Waals surface area (Å²) in [7, 11) is 1.00. The first-order valence-electron chi connectivity index (χ1n) is 12.9. The number of hydrogen-bond donors (Lipinski definition) is 4. The van der Waals surface area contributed by atoms with Crippen LogP contribution in [0.25, 0.3) is 44.5 Å². The summed E-state index contributed by atoms with van der Waals surface area (Å²) in [6.45, 7) is 8.40. The summed E-state index contributed by atoms with van der Waals surface area (Å²) in [4.78, 5) is 0. The molecule has 4 aromatic rings. The molecule has 6 rings (SSSR count). The number of allylic oxidation sites excluding steroid dienone is 4. The molecule has 39 heavy (non-hydrogen) atoms. The fraction of sp³-hybridized carbons (Fsp3) is 0.143. The Morgan fingerprint density at radius 3 is 1.41 bits per heavy atom. The number of benzene rings is 4. The summed E-state index contributed by atoms with van der Waals surface area (Å²) in [6, 6.07) is 25.0. The Morgan fingerprint density at radius 1 is 0.513 bits per heavy atom. The van der Waals surface area contributed by atoms with Gasteiger partial charge in [0.25, 0.3) is 5.95 Å². The molecule has 2 aliphatic rings. The highest BCUT2D eigenvalue weighted by Gasteiger charge is 2.39. The summed E-state index contributed by atoms with van der Waals surface area (Å²) in [5.74, 6) is -0.716. The van der Waals surface area contributed by atoms with Gasteiger partial charge in [0, 0.05) is 23.8 Å². The number of aryl methyl sites for hydroxylation is 4. The van der Waals surface area contributed by atoms with Crippen LogP contribution in [-0.2, 0) is 0 Å². The van der Waals surface area contributed by atoms with E-state index in [2.05, 4.69) is 82.3 Å². The molecule has 0 heterocycles. The van der Waals surface area contributed by atoms with Gasteiger partial charge in [0.2, 0.25) is 0 Å². The van der Waals surface area contributed by atoms with Gasteiger partial charge in [0.15, 0.2) is 0 Å². The third kappa shape index (κ3) is 4.14. The molecule has 4 nitrogen and oxygen atoms in total. The largest absolute Gasteiger partial charge is 0.515 e. The van der Waals surface area contributed by atoms with Crippen molar-refractivity contribution in [2.75, 3.05) is 7.11 Å². The van der Waals surface area contributed by atoms with Gasteiger partial charge < -0.3 is 20.4 Å². The molecule has 0 aromatic heterocycles. The lowest BCUT2D eigenvalue weighted by Gasteiger charge is -2.14. The summed E-state index contributed by atoms with van der Waals surface area (Å²) in [5, 5.41) is 38.3. The Morgan fingerprint density at radius 2 is 0.949 bits per heavy atom. The zero-order valence-electron chi connectivity index (χ0n) is 22.8. The van der Waals surface area contributed by atoms with Gasteiger partial charge in [0.1, 0.15) is 0 Å². The van der Waals surface area contributed by atoms with Gasteiger partial charge >= 0.3 is 0 Å². The molecule has 0 amide bonds. The van der Waals surface area contributed by atoms with Crippen molar-refractivity contribution < 1.29 is 20.4 Å². The van der Waals surface area contributed by atoms with Gasteiger partial charge in [0.05, 0.1) is 11.8 Å². The standard InChI is InChI=1S/C34H28O3.CH4O/c1-18-5-7-22(13-20(18)3)24-9-11-26-28(15-24)32-31(30(26)17-35)29-16-25(10-12-27(29)33(32)34(36)37)23-8-6-19(2)21(4)14-23;1-2/h5-17,35-37H,1-4H3;2H,1H3/b30-17-;. The van der Waals surface area contributed by atoms with E-state index in [1.807, 2.05) is 18.2 Å². The lowest BCUT2D eigenvalue weighted by Crippen LogP contribution is -1.96. The Hall–Kier alpha value is -4.54. The van der Waals surface area contributed by atoms with Crippen molar-refractivity contribution in [3.05, 3.63) is 130 Å². The van der Waals surface area contributed by atoms with Gasteiger partial charge in [-0.15, -0.1) is 0 Å². The van der Waals surface area contributed by atoms with Gasteiger partial charge in [-0.05, 0) is 107 Å². The van der Waals surface area contributed by atoms with Gasteiger partial charge in [-0.1, -0.05) is 60.7 Å². The summed E-state index contributed by atoms with van der Waals surface area (Å²) in [6.07, 6.45) is 1.14. The molecule has 0 saturated carbocycles. The normalized spacial score (nSPS) is 14.1. The van der Waals surface area contributed by atoms with Crippen molar-refractivity contribution in [1.82, 2.24) is 0 Å². The van der Waals surface area contributed by atoms with Crippen molar-refractivity contribution in [3.63, 3.8) is 0 Å². The number of aliphatic hydroxyl groups is 4. The van der Waals surface area contributed by atoms with Crippen LogP contribution >= 0.6 is 0 Å². The lowest BCUT2D eigenvalue weighted by atomic mass is 9.89. The monoisotopic (exact) mass is 516 g/mol. The quantitative estimate of drug-likeness (QED) is 0.201. The number of aliphatic hydroxyl groups excluding tert-OH is 3. The molecular weight excluding hydrogens is 484 g/mol. The average molecular weight is 517 g/mol. The highest BCUT2D eigenvalue weighted by Crippen LogP contribution is 2.58. The molecule has 4 aromatic carbocycles. The molecule has 2 aliphatic carbocycles. The second-order valence-electron chi connectivity index (χ2n) is 10.1. The molecular formula is C35H32O4. The fourth-order valence-corrected chi connectivity index (χ4v) is 5.60. The predicted molar refractivity (Wildman–Crippen MR) is 160 cm³/mol. The van der Waals surface area contributed by atoms with E-state index in [0.29, 0.717) is 11.1 Å². The molecule has 4 N–H and O–H groups in total. The van der Waals surface area contributed by atoms with E-state index in [1.165, 1.54) is 22.3 Å². The zero-order chi connectivity index (χ0) is 28.0. The zero-order valence-corrected chi connectivity index (χ0v) is 22.8. The molecule has 0 saturated heterocycles. The second kappa shape index (κ2) is 9.97. The van der Waals surface area contributed by atoms with Crippen molar-refractivity contribution >= 4 is 22.3 Å². The van der Waals surface area contributed by atoms with E-state index in [-0.39, 0.29) is 0 Å². The van der Waals surface area contributed by atoms with Crippen molar-refractivity contribution in [2.45, 2.75) is 27.7 Å². The smallest absolute Gasteiger partial charge is 0.283 e. The molecule has 0 bridgehead atoms.